The van der Waals surface area contributed by atoms with Crippen LogP contribution >= 0.6 is 11.6 Å². The maximum atomic E-state index is 10.8. The van der Waals surface area contributed by atoms with E-state index >= 15 is 0 Å². The summed E-state index contributed by atoms with van der Waals surface area (Å²) in [6.07, 6.45) is 40.2. The second kappa shape index (κ2) is 20.1. The number of halogens is 1. The van der Waals surface area contributed by atoms with Gasteiger partial charge in [0.05, 0.1) is 0 Å². The van der Waals surface area contributed by atoms with Gasteiger partial charge in [0, 0.05) is 23.3 Å². The van der Waals surface area contributed by atoms with Crippen molar-refractivity contribution in [2.24, 2.45) is 74.9 Å². The molecule has 3 fully saturated rings. The van der Waals surface area contributed by atoms with Crippen LogP contribution in [0.4, 0.5) is 0 Å². The van der Waals surface area contributed by atoms with Crippen molar-refractivity contribution in [3.8, 4) is 0 Å². The Labute approximate surface area is 324 Å². The number of hydrogen-bond donors (Lipinski definition) is 1. The molecule has 0 aromatic carbocycles. The normalized spacial score (nSPS) is 31.2. The molecular weight excluding hydrogens is 660 g/mol. The lowest BCUT2D eigenvalue weighted by molar-refractivity contribution is -0.115. The minimum Gasteiger partial charge on any atom is -0.396 e. The van der Waals surface area contributed by atoms with Crippen LogP contribution in [0.15, 0.2) is 73.4 Å². The van der Waals surface area contributed by atoms with E-state index in [-0.39, 0.29) is 16.2 Å². The molecule has 0 aromatic heterocycles. The summed E-state index contributed by atoms with van der Waals surface area (Å²) in [6.45, 7) is 20.7. The van der Waals surface area contributed by atoms with Gasteiger partial charge in [0.25, 0.3) is 0 Å². The summed E-state index contributed by atoms with van der Waals surface area (Å²) in [5.41, 5.74) is 0.151. The van der Waals surface area contributed by atoms with Crippen molar-refractivity contribution in [1.82, 2.24) is 0 Å². The Balaban J connectivity index is 0.000000181. The zero-order valence-electron chi connectivity index (χ0n) is 34.2. The second-order valence-corrected chi connectivity index (χ2v) is 20.4. The fourth-order valence-electron chi connectivity index (χ4n) is 9.46. The summed E-state index contributed by atoms with van der Waals surface area (Å²) in [7, 11) is 0. The topological polar surface area (TPSA) is 54.4 Å². The Kier molecular flexibility index (Phi) is 17.2. The SMILES string of the molecule is C1=CCC=C1.C=CCC(C)(C)C=O.CC(C)(C=O)CC1CC2C=CC1C2.CC(C)(CCl)CC1CC2C=CC1C2.CC(C)(CO)CC1CC2C=CC1C2. The van der Waals surface area contributed by atoms with E-state index in [1.165, 1.54) is 51.4 Å². The highest BCUT2D eigenvalue weighted by molar-refractivity contribution is 6.18. The van der Waals surface area contributed by atoms with E-state index in [1.807, 2.05) is 13.8 Å². The maximum Gasteiger partial charge on any atom is 0.125 e. The molecule has 9 atom stereocenters. The van der Waals surface area contributed by atoms with Crippen molar-refractivity contribution in [3.05, 3.63) is 73.4 Å². The van der Waals surface area contributed by atoms with Gasteiger partial charge in [-0.1, -0.05) is 122 Å². The van der Waals surface area contributed by atoms with Gasteiger partial charge in [0.2, 0.25) is 0 Å². The third kappa shape index (κ3) is 14.7. The van der Waals surface area contributed by atoms with E-state index in [2.05, 4.69) is 109 Å². The monoisotopic (exact) mass is 735 g/mol. The third-order valence-electron chi connectivity index (χ3n) is 12.4. The lowest BCUT2D eigenvalue weighted by atomic mass is 9.78. The van der Waals surface area contributed by atoms with Crippen molar-refractivity contribution in [2.75, 3.05) is 12.5 Å². The van der Waals surface area contributed by atoms with Crippen LogP contribution < -0.4 is 0 Å². The van der Waals surface area contributed by atoms with E-state index in [1.54, 1.807) is 6.08 Å². The number of aliphatic hydroxyl groups excluding tert-OH is 1. The number of aldehydes is 2. The van der Waals surface area contributed by atoms with Crippen LogP contribution in [0, 0.1) is 74.9 Å². The number of aliphatic hydroxyl groups is 1. The van der Waals surface area contributed by atoms with Gasteiger partial charge in [0.1, 0.15) is 12.6 Å². The quantitative estimate of drug-likeness (QED) is 0.123. The molecule has 7 rings (SSSR count). The summed E-state index contributed by atoms with van der Waals surface area (Å²) in [5.74, 6) is 8.43. The summed E-state index contributed by atoms with van der Waals surface area (Å²) in [6, 6.07) is 0. The van der Waals surface area contributed by atoms with E-state index in [0.29, 0.717) is 12.0 Å². The lowest BCUT2D eigenvalue weighted by Crippen LogP contribution is -2.23. The van der Waals surface area contributed by atoms with Gasteiger partial charge in [-0.25, -0.2) is 0 Å². The van der Waals surface area contributed by atoms with E-state index in [0.717, 1.165) is 91.0 Å². The molecule has 292 valence electrons. The summed E-state index contributed by atoms with van der Waals surface area (Å²) >= 11 is 5.96. The zero-order valence-corrected chi connectivity index (χ0v) is 35.0. The summed E-state index contributed by atoms with van der Waals surface area (Å²) in [4.78, 5) is 21.0. The average molecular weight is 736 g/mol. The highest BCUT2D eigenvalue weighted by atomic mass is 35.5. The Morgan fingerprint density at radius 3 is 1.27 bits per heavy atom. The van der Waals surface area contributed by atoms with Crippen molar-refractivity contribution < 1.29 is 14.7 Å². The van der Waals surface area contributed by atoms with Gasteiger partial charge in [-0.2, -0.15) is 0 Å². The van der Waals surface area contributed by atoms with Gasteiger partial charge in [-0.3, -0.25) is 0 Å². The smallest absolute Gasteiger partial charge is 0.125 e. The van der Waals surface area contributed by atoms with Gasteiger partial charge in [-0.05, 0) is 135 Å². The third-order valence-corrected chi connectivity index (χ3v) is 13.1. The fourth-order valence-corrected chi connectivity index (χ4v) is 9.57. The molecule has 9 unspecified atom stereocenters. The molecule has 7 aliphatic rings. The molecule has 0 aliphatic heterocycles. The van der Waals surface area contributed by atoms with Gasteiger partial charge in [0.15, 0.2) is 0 Å². The molecule has 0 saturated heterocycles. The first kappa shape index (κ1) is 44.4. The summed E-state index contributed by atoms with van der Waals surface area (Å²) < 4.78 is 0. The molecule has 1 N–H and O–H groups in total. The number of allylic oxidation sites excluding steroid dienone is 11. The van der Waals surface area contributed by atoms with Crippen LogP contribution in [0.25, 0.3) is 0 Å². The standard InChI is InChI=1S/C12H19Cl.C12H20O.C12H18O.C7H12O.C5H6/c3*1-12(2,8-13)7-11-6-9-3-4-10(11)5-9;1-4-5-7(2,3)6-8;1-2-4-5-3-1/h3-4,9-11H,5-8H2,1-2H3;3-4,9-11,13H,5-8H2,1-2H3;3-4,8-11H,5-7H2,1-2H3;4,6H,1,5H2,2-3H3;1-4H,5H2. The van der Waals surface area contributed by atoms with Gasteiger partial charge < -0.3 is 14.7 Å². The highest BCUT2D eigenvalue weighted by Crippen LogP contribution is 2.49. The number of hydrogen-bond acceptors (Lipinski definition) is 3. The lowest BCUT2D eigenvalue weighted by Gasteiger charge is -2.28. The van der Waals surface area contributed by atoms with E-state index in [9.17, 15) is 14.7 Å². The predicted molar refractivity (Wildman–Crippen MR) is 223 cm³/mol. The average Bonchev–Trinajstić information content (AvgIpc) is 3.96. The molecule has 0 spiro atoms. The van der Waals surface area contributed by atoms with Crippen molar-refractivity contribution in [1.29, 1.82) is 0 Å². The van der Waals surface area contributed by atoms with Crippen LogP contribution in [0.1, 0.15) is 126 Å². The van der Waals surface area contributed by atoms with Crippen molar-refractivity contribution in [2.45, 2.75) is 126 Å². The summed E-state index contributed by atoms with van der Waals surface area (Å²) in [5, 5.41) is 9.21. The van der Waals surface area contributed by atoms with Crippen LogP contribution in [-0.2, 0) is 9.59 Å². The zero-order chi connectivity index (χ0) is 38.6. The number of alkyl halides is 1. The molecule has 52 heavy (non-hydrogen) atoms. The Hall–Kier alpha value is -1.97. The van der Waals surface area contributed by atoms with Crippen LogP contribution in [0.5, 0.6) is 0 Å². The van der Waals surface area contributed by atoms with Gasteiger partial charge >= 0.3 is 0 Å². The molecule has 3 saturated carbocycles. The Morgan fingerprint density at radius 1 is 0.615 bits per heavy atom. The molecule has 7 aliphatic carbocycles. The molecule has 0 radical (unpaired) electrons. The highest BCUT2D eigenvalue weighted by Gasteiger charge is 2.40. The van der Waals surface area contributed by atoms with Crippen molar-refractivity contribution >= 4 is 24.2 Å². The minimum absolute atomic E-state index is 0.108. The molecule has 0 amide bonds. The fraction of sp³-hybridized carbons (Fsp3) is 0.708. The number of carbonyl (C=O) groups excluding carboxylic acids is 2. The van der Waals surface area contributed by atoms with Crippen molar-refractivity contribution in [3.63, 3.8) is 0 Å². The predicted octanol–water partition coefficient (Wildman–Crippen LogP) is 12.6. The largest absolute Gasteiger partial charge is 0.396 e. The van der Waals surface area contributed by atoms with Gasteiger partial charge in [-0.15, -0.1) is 18.2 Å². The first-order valence-corrected chi connectivity index (χ1v) is 21.0. The maximum absolute atomic E-state index is 10.8. The molecule has 0 aromatic rings. The number of fused-ring (bicyclic) bond motifs is 6. The van der Waals surface area contributed by atoms with E-state index < -0.39 is 0 Å². The molecular formula is C48H75ClO3. The minimum atomic E-state index is -0.207. The Morgan fingerprint density at radius 2 is 1.02 bits per heavy atom. The molecule has 3 nitrogen and oxygen atoms in total. The van der Waals surface area contributed by atoms with E-state index in [4.69, 9.17) is 11.6 Å². The second-order valence-electron chi connectivity index (χ2n) is 20.2. The first-order valence-electron chi connectivity index (χ1n) is 20.5. The van der Waals surface area contributed by atoms with Crippen LogP contribution in [-0.4, -0.2) is 30.2 Å². The van der Waals surface area contributed by atoms with Crippen LogP contribution in [0.2, 0.25) is 0 Å². The number of carbonyl (C=O) groups is 2. The van der Waals surface area contributed by atoms with Crippen LogP contribution in [0.3, 0.4) is 0 Å². The molecule has 6 bridgehead atoms. The first-order chi connectivity index (χ1) is 24.4. The number of rotatable bonds is 12. The molecule has 4 heteroatoms. The Bertz CT molecular complexity index is 1220. The molecule has 0 heterocycles.